The van der Waals surface area contributed by atoms with Crippen LogP contribution in [0.15, 0.2) is 10.6 Å². The molecule has 0 unspecified atom stereocenters. The van der Waals surface area contributed by atoms with Gasteiger partial charge in [0.25, 0.3) is 0 Å². The van der Waals surface area contributed by atoms with E-state index in [9.17, 15) is 24.6 Å². The molecule has 0 saturated carbocycles. The molecule has 33 heavy (non-hydrogen) atoms. The summed E-state index contributed by atoms with van der Waals surface area (Å²) < 4.78 is 0.925. The maximum atomic E-state index is 13.1. The van der Waals surface area contributed by atoms with E-state index in [1.165, 1.54) is 16.7 Å². The third-order valence-electron chi connectivity index (χ3n) is 7.47. The number of aliphatic hydroxyl groups is 1. The van der Waals surface area contributed by atoms with Crippen molar-refractivity contribution in [1.82, 2.24) is 15.1 Å². The molecule has 3 fully saturated rings. The number of carbonyl (C=O) groups excluding carboxylic acids is 2. The van der Waals surface area contributed by atoms with Crippen molar-refractivity contribution < 1.29 is 41.5 Å². The number of carboxylic acid groups (broad SMARTS) is 1. The molecule has 4 aliphatic rings. The number of nitrogens with zero attached hydrogens (tertiary/aromatic N) is 3. The SMILES string of the molecule is C[C@@H](O)[C@H]1C(=O)N2C(C(=O)O)=C(S[C@@H]3CN[C@H](C(=O)N4CCC[N+](C)(C)CC4)C3)[C@H](C)[C@H]12.[Cl-]. The number of β-lactam (4-membered cyclic amide) rings is 1. The molecule has 11 heteroatoms. The predicted octanol–water partition coefficient (Wildman–Crippen LogP) is -3.08. The Morgan fingerprint density at radius 2 is 1.94 bits per heavy atom. The van der Waals surface area contributed by atoms with Crippen LogP contribution >= 0.6 is 11.8 Å². The number of hydrogen-bond acceptors (Lipinski definition) is 6. The Morgan fingerprint density at radius 1 is 1.24 bits per heavy atom. The number of rotatable bonds is 5. The number of likely N-dealkylation sites (N-methyl/N-ethyl adjacent to an activating group) is 1. The van der Waals surface area contributed by atoms with Gasteiger partial charge in [-0.05, 0) is 13.3 Å². The standard InChI is InChI=1S/C22H34N4O5S.ClH/c1-12-17-16(13(2)27)21(29)25(17)18(22(30)31)19(12)32-14-10-15(23-11-14)20(28)24-6-5-8-26(3,4)9-7-24;/h12-17,23,27H,5-11H2,1-4H3;1H/t12-,13-,14+,15+,16-,17-;/m1./s1. The molecule has 0 aromatic carbocycles. The summed E-state index contributed by atoms with van der Waals surface area (Å²) in [6, 6.07) is -0.558. The minimum Gasteiger partial charge on any atom is -1.00 e. The minimum absolute atomic E-state index is 0. The van der Waals surface area contributed by atoms with Crippen molar-refractivity contribution in [3.05, 3.63) is 10.6 Å². The summed E-state index contributed by atoms with van der Waals surface area (Å²) in [4.78, 5) is 41.6. The molecule has 3 saturated heterocycles. The summed E-state index contributed by atoms with van der Waals surface area (Å²) in [6.07, 6.45) is 0.823. The molecule has 6 atom stereocenters. The number of aliphatic carboxylic acids is 1. The Labute approximate surface area is 205 Å². The van der Waals surface area contributed by atoms with Gasteiger partial charge >= 0.3 is 5.97 Å². The van der Waals surface area contributed by atoms with E-state index in [0.29, 0.717) is 17.9 Å². The first-order chi connectivity index (χ1) is 15.0. The maximum Gasteiger partial charge on any atom is 0.353 e. The van der Waals surface area contributed by atoms with Crippen LogP contribution in [0.25, 0.3) is 0 Å². The van der Waals surface area contributed by atoms with Gasteiger partial charge in [-0.2, -0.15) is 0 Å². The molecule has 2 amide bonds. The fourth-order valence-electron chi connectivity index (χ4n) is 5.58. The average Bonchev–Trinajstić information content (AvgIpc) is 3.20. The number of aliphatic hydroxyl groups excluding tert-OH is 1. The Morgan fingerprint density at radius 3 is 2.58 bits per heavy atom. The van der Waals surface area contributed by atoms with E-state index in [-0.39, 0.29) is 53.2 Å². The molecule has 186 valence electrons. The molecule has 0 aliphatic carbocycles. The number of hydrogen-bond donors (Lipinski definition) is 3. The van der Waals surface area contributed by atoms with Gasteiger partial charge in [0.05, 0.1) is 57.8 Å². The lowest BCUT2D eigenvalue weighted by Crippen LogP contribution is -3.00. The van der Waals surface area contributed by atoms with E-state index in [4.69, 9.17) is 0 Å². The topological polar surface area (TPSA) is 110 Å². The van der Waals surface area contributed by atoms with E-state index in [1.807, 2.05) is 11.8 Å². The summed E-state index contributed by atoms with van der Waals surface area (Å²) in [5.74, 6) is -1.99. The predicted molar refractivity (Wildman–Crippen MR) is 120 cm³/mol. The summed E-state index contributed by atoms with van der Waals surface area (Å²) in [5.41, 5.74) is 0.0525. The van der Waals surface area contributed by atoms with E-state index >= 15 is 0 Å². The van der Waals surface area contributed by atoms with Gasteiger partial charge in [-0.15, -0.1) is 11.8 Å². The first-order valence-corrected chi connectivity index (χ1v) is 12.4. The van der Waals surface area contributed by atoms with E-state index < -0.39 is 18.0 Å². The van der Waals surface area contributed by atoms with E-state index in [1.54, 1.807) is 6.92 Å². The van der Waals surface area contributed by atoms with Crippen molar-refractivity contribution in [2.75, 3.05) is 46.8 Å². The molecule has 4 heterocycles. The summed E-state index contributed by atoms with van der Waals surface area (Å²) in [5, 5.41) is 23.2. The summed E-state index contributed by atoms with van der Waals surface area (Å²) in [6.45, 7) is 7.68. The van der Waals surface area contributed by atoms with Crippen molar-refractivity contribution in [1.29, 1.82) is 0 Å². The van der Waals surface area contributed by atoms with Crippen LogP contribution in [0.2, 0.25) is 0 Å². The fraction of sp³-hybridized carbons (Fsp3) is 0.773. The van der Waals surface area contributed by atoms with Gasteiger partial charge in [-0.1, -0.05) is 6.92 Å². The zero-order valence-corrected chi connectivity index (χ0v) is 21.2. The normalized spacial score (nSPS) is 34.3. The number of carbonyl (C=O) groups is 3. The highest BCUT2D eigenvalue weighted by Crippen LogP contribution is 2.51. The van der Waals surface area contributed by atoms with E-state index in [0.717, 1.165) is 37.1 Å². The van der Waals surface area contributed by atoms with Gasteiger partial charge in [-0.25, -0.2) is 4.79 Å². The van der Waals surface area contributed by atoms with Gasteiger partial charge in [0.1, 0.15) is 5.70 Å². The van der Waals surface area contributed by atoms with Crippen LogP contribution in [0.5, 0.6) is 0 Å². The summed E-state index contributed by atoms with van der Waals surface area (Å²) >= 11 is 1.48. The van der Waals surface area contributed by atoms with Gasteiger partial charge in [-0.3, -0.25) is 9.59 Å². The maximum absolute atomic E-state index is 13.1. The van der Waals surface area contributed by atoms with Crippen LogP contribution in [0.3, 0.4) is 0 Å². The summed E-state index contributed by atoms with van der Waals surface area (Å²) in [7, 11) is 4.39. The van der Waals surface area contributed by atoms with Crippen LogP contribution in [0, 0.1) is 11.8 Å². The monoisotopic (exact) mass is 502 g/mol. The average molecular weight is 503 g/mol. The lowest BCUT2D eigenvalue weighted by atomic mass is 9.79. The van der Waals surface area contributed by atoms with Gasteiger partial charge < -0.3 is 42.2 Å². The number of nitrogens with one attached hydrogen (secondary N) is 1. The first-order valence-electron chi connectivity index (χ1n) is 11.5. The van der Waals surface area contributed by atoms with Crippen molar-refractivity contribution in [3.63, 3.8) is 0 Å². The second-order valence-electron chi connectivity index (χ2n) is 10.3. The molecule has 9 nitrogen and oxygen atoms in total. The van der Waals surface area contributed by atoms with Gasteiger partial charge in [0, 0.05) is 35.6 Å². The highest BCUT2D eigenvalue weighted by atomic mass is 35.5. The van der Waals surface area contributed by atoms with E-state index in [2.05, 4.69) is 19.4 Å². The Balaban J connectivity index is 0.00000306. The second-order valence-corrected chi connectivity index (χ2v) is 11.6. The number of halogens is 1. The highest BCUT2D eigenvalue weighted by molar-refractivity contribution is 8.03. The van der Waals surface area contributed by atoms with Crippen LogP contribution in [-0.2, 0) is 14.4 Å². The number of carboxylic acids is 1. The Hall–Kier alpha value is -1.33. The smallest absolute Gasteiger partial charge is 0.353 e. The second kappa shape index (κ2) is 9.73. The molecule has 0 bridgehead atoms. The zero-order chi connectivity index (χ0) is 23.4. The first kappa shape index (κ1) is 26.3. The number of amides is 2. The van der Waals surface area contributed by atoms with Crippen molar-refractivity contribution in [2.24, 2.45) is 11.8 Å². The van der Waals surface area contributed by atoms with Crippen molar-refractivity contribution in [3.8, 4) is 0 Å². The lowest BCUT2D eigenvalue weighted by Gasteiger charge is -2.46. The molecule has 0 aromatic rings. The molecule has 4 rings (SSSR count). The Kier molecular flexibility index (Phi) is 7.75. The fourth-order valence-corrected chi connectivity index (χ4v) is 7.06. The molecule has 0 spiro atoms. The minimum atomic E-state index is -1.11. The van der Waals surface area contributed by atoms with Gasteiger partial charge in [0.2, 0.25) is 11.8 Å². The third-order valence-corrected chi connectivity index (χ3v) is 8.98. The molecule has 3 N–H and O–H groups in total. The molecule has 0 aromatic heterocycles. The number of quaternary nitrogens is 1. The van der Waals surface area contributed by atoms with Crippen LogP contribution in [0.4, 0.5) is 0 Å². The molecular formula is C22H35ClN4O5S. The number of thioether (sulfide) groups is 1. The van der Waals surface area contributed by atoms with Gasteiger partial charge in [0.15, 0.2) is 0 Å². The van der Waals surface area contributed by atoms with Crippen LogP contribution in [-0.4, -0.2) is 113 Å². The van der Waals surface area contributed by atoms with Crippen LogP contribution < -0.4 is 17.7 Å². The largest absolute Gasteiger partial charge is 1.00 e. The molecule has 4 aliphatic heterocycles. The van der Waals surface area contributed by atoms with Crippen LogP contribution in [0.1, 0.15) is 26.7 Å². The quantitative estimate of drug-likeness (QED) is 0.270. The molecule has 0 radical (unpaired) electrons. The van der Waals surface area contributed by atoms with Crippen molar-refractivity contribution >= 4 is 29.5 Å². The zero-order valence-electron chi connectivity index (χ0n) is 19.7. The van der Waals surface area contributed by atoms with Crippen molar-refractivity contribution in [2.45, 2.75) is 50.1 Å². The number of fused-ring (bicyclic) bond motifs is 1. The highest BCUT2D eigenvalue weighted by Gasteiger charge is 2.60. The molecular weight excluding hydrogens is 468 g/mol. The third kappa shape index (κ3) is 4.77. The lowest BCUT2D eigenvalue weighted by molar-refractivity contribution is -0.888. The Bertz CT molecular complexity index is 851.